The summed E-state index contributed by atoms with van der Waals surface area (Å²) in [7, 11) is 0. The number of aromatic nitrogens is 2. The molecule has 0 aromatic carbocycles. The summed E-state index contributed by atoms with van der Waals surface area (Å²) >= 11 is 0. The Hall–Kier alpha value is -1.40. The first-order valence-corrected chi connectivity index (χ1v) is 6.46. The van der Waals surface area contributed by atoms with Crippen molar-refractivity contribution in [1.29, 1.82) is 0 Å². The highest BCUT2D eigenvalue weighted by Crippen LogP contribution is 2.21. The maximum atomic E-state index is 10.1. The summed E-state index contributed by atoms with van der Waals surface area (Å²) in [5, 5.41) is 13.3. The van der Waals surface area contributed by atoms with Gasteiger partial charge in [-0.3, -0.25) is 5.43 Å². The average molecular weight is 251 g/mol. The van der Waals surface area contributed by atoms with E-state index in [-0.39, 0.29) is 12.1 Å². The molecule has 2 atom stereocenters. The number of hydrogen-bond acceptors (Lipinski definition) is 6. The molecule has 0 amide bonds. The van der Waals surface area contributed by atoms with Crippen molar-refractivity contribution in [2.24, 2.45) is 5.84 Å². The molecule has 2 rings (SSSR count). The Balaban J connectivity index is 2.09. The van der Waals surface area contributed by atoms with Gasteiger partial charge in [0, 0.05) is 11.8 Å². The molecule has 1 fully saturated rings. The normalized spacial score (nSPS) is 24.4. The van der Waals surface area contributed by atoms with Gasteiger partial charge in [0.2, 0.25) is 5.95 Å². The van der Waals surface area contributed by atoms with E-state index in [4.69, 9.17) is 5.84 Å². The van der Waals surface area contributed by atoms with Gasteiger partial charge in [-0.05, 0) is 19.8 Å². The standard InChI is InChI=1S/C12H21N5O/c1-8-7-11(16-12(14-8)17-13)15-9-5-3-2-4-6-10(9)18/h7,9-10,18H,2-6,13H2,1H3,(H2,14,15,16,17). The molecule has 2 unspecified atom stereocenters. The Morgan fingerprint density at radius 1 is 1.28 bits per heavy atom. The van der Waals surface area contributed by atoms with Crippen LogP contribution in [0, 0.1) is 6.92 Å². The van der Waals surface area contributed by atoms with Crippen LogP contribution in [0.2, 0.25) is 0 Å². The van der Waals surface area contributed by atoms with Crippen molar-refractivity contribution in [3.8, 4) is 0 Å². The highest BCUT2D eigenvalue weighted by atomic mass is 16.3. The van der Waals surface area contributed by atoms with Crippen LogP contribution in [-0.2, 0) is 0 Å². The fourth-order valence-corrected chi connectivity index (χ4v) is 2.35. The number of anilines is 2. The molecule has 6 heteroatoms. The number of rotatable bonds is 3. The van der Waals surface area contributed by atoms with E-state index >= 15 is 0 Å². The second-order valence-electron chi connectivity index (χ2n) is 4.82. The van der Waals surface area contributed by atoms with Crippen molar-refractivity contribution in [1.82, 2.24) is 9.97 Å². The Kier molecular flexibility index (Phi) is 4.33. The average Bonchev–Trinajstić information content (AvgIpc) is 2.54. The Bertz CT molecular complexity index is 398. The highest BCUT2D eigenvalue weighted by Gasteiger charge is 2.21. The van der Waals surface area contributed by atoms with Crippen LogP contribution < -0.4 is 16.6 Å². The molecule has 0 radical (unpaired) electrons. The van der Waals surface area contributed by atoms with Gasteiger partial charge >= 0.3 is 0 Å². The van der Waals surface area contributed by atoms with Gasteiger partial charge in [-0.25, -0.2) is 10.8 Å². The highest BCUT2D eigenvalue weighted by molar-refractivity contribution is 5.42. The summed E-state index contributed by atoms with van der Waals surface area (Å²) < 4.78 is 0. The number of nitrogens with zero attached hydrogens (tertiary/aromatic N) is 2. The zero-order chi connectivity index (χ0) is 13.0. The Morgan fingerprint density at radius 2 is 2.06 bits per heavy atom. The van der Waals surface area contributed by atoms with E-state index in [0.717, 1.165) is 31.4 Å². The molecular weight excluding hydrogens is 230 g/mol. The van der Waals surface area contributed by atoms with Crippen LogP contribution in [0.25, 0.3) is 0 Å². The fourth-order valence-electron chi connectivity index (χ4n) is 2.35. The second-order valence-corrected chi connectivity index (χ2v) is 4.82. The number of hydrazine groups is 1. The molecule has 18 heavy (non-hydrogen) atoms. The fraction of sp³-hybridized carbons (Fsp3) is 0.667. The van der Waals surface area contributed by atoms with Crippen LogP contribution in [0.1, 0.15) is 37.8 Å². The molecule has 1 aliphatic carbocycles. The first-order chi connectivity index (χ1) is 8.69. The molecule has 1 saturated carbocycles. The van der Waals surface area contributed by atoms with Crippen LogP contribution in [0.5, 0.6) is 0 Å². The predicted molar refractivity (Wildman–Crippen MR) is 71.1 cm³/mol. The first kappa shape index (κ1) is 13.0. The third-order valence-corrected chi connectivity index (χ3v) is 3.30. The van der Waals surface area contributed by atoms with Crippen molar-refractivity contribution in [3.05, 3.63) is 11.8 Å². The smallest absolute Gasteiger partial charge is 0.239 e. The lowest BCUT2D eigenvalue weighted by Gasteiger charge is -2.22. The third kappa shape index (κ3) is 3.30. The van der Waals surface area contributed by atoms with Gasteiger partial charge in [0.15, 0.2) is 0 Å². The van der Waals surface area contributed by atoms with E-state index in [9.17, 15) is 5.11 Å². The summed E-state index contributed by atoms with van der Waals surface area (Å²) in [4.78, 5) is 8.38. The van der Waals surface area contributed by atoms with E-state index in [1.54, 1.807) is 0 Å². The number of aryl methyl sites for hydroxylation is 1. The largest absolute Gasteiger partial charge is 0.391 e. The van der Waals surface area contributed by atoms with Crippen LogP contribution >= 0.6 is 0 Å². The summed E-state index contributed by atoms with van der Waals surface area (Å²) in [5.74, 6) is 6.42. The van der Waals surface area contributed by atoms with Gasteiger partial charge in [0.25, 0.3) is 0 Å². The second kappa shape index (κ2) is 5.97. The molecule has 100 valence electrons. The number of aliphatic hydroxyl groups is 1. The molecule has 6 nitrogen and oxygen atoms in total. The van der Waals surface area contributed by atoms with Gasteiger partial charge in [0.1, 0.15) is 5.82 Å². The minimum Gasteiger partial charge on any atom is -0.391 e. The van der Waals surface area contributed by atoms with Crippen LogP contribution in [0.15, 0.2) is 6.07 Å². The van der Waals surface area contributed by atoms with E-state index in [1.165, 1.54) is 6.42 Å². The molecule has 1 aromatic heterocycles. The Morgan fingerprint density at radius 3 is 2.83 bits per heavy atom. The lowest BCUT2D eigenvalue weighted by atomic mass is 10.1. The molecule has 5 N–H and O–H groups in total. The van der Waals surface area contributed by atoms with Crippen LogP contribution in [0.4, 0.5) is 11.8 Å². The maximum absolute atomic E-state index is 10.1. The maximum Gasteiger partial charge on any atom is 0.239 e. The molecule has 1 heterocycles. The van der Waals surface area contributed by atoms with Crippen molar-refractivity contribution in [3.63, 3.8) is 0 Å². The first-order valence-electron chi connectivity index (χ1n) is 6.46. The van der Waals surface area contributed by atoms with Crippen LogP contribution in [0.3, 0.4) is 0 Å². The lowest BCUT2D eigenvalue weighted by molar-refractivity contribution is 0.144. The predicted octanol–water partition coefficient (Wildman–Crippen LogP) is 1.18. The molecule has 1 aromatic rings. The molecule has 0 bridgehead atoms. The van der Waals surface area contributed by atoms with E-state index in [1.807, 2.05) is 13.0 Å². The van der Waals surface area contributed by atoms with Crippen molar-refractivity contribution >= 4 is 11.8 Å². The zero-order valence-corrected chi connectivity index (χ0v) is 10.7. The molecular formula is C12H21N5O. The van der Waals surface area contributed by atoms with Gasteiger partial charge in [-0.15, -0.1) is 0 Å². The van der Waals surface area contributed by atoms with Gasteiger partial charge in [-0.2, -0.15) is 4.98 Å². The topological polar surface area (TPSA) is 96.1 Å². The van der Waals surface area contributed by atoms with Gasteiger partial charge in [0.05, 0.1) is 12.1 Å². The number of nitrogen functional groups attached to an aromatic ring is 1. The molecule has 1 aliphatic rings. The number of aliphatic hydroxyl groups excluding tert-OH is 1. The number of nitrogens with one attached hydrogen (secondary N) is 2. The monoisotopic (exact) mass is 251 g/mol. The van der Waals surface area contributed by atoms with Crippen LogP contribution in [-0.4, -0.2) is 27.2 Å². The molecule has 0 spiro atoms. The molecule has 0 aliphatic heterocycles. The summed E-state index contributed by atoms with van der Waals surface area (Å²) in [5.41, 5.74) is 3.28. The van der Waals surface area contributed by atoms with Gasteiger partial charge in [-0.1, -0.05) is 19.3 Å². The zero-order valence-electron chi connectivity index (χ0n) is 10.7. The number of hydrogen-bond donors (Lipinski definition) is 4. The van der Waals surface area contributed by atoms with E-state index in [2.05, 4.69) is 20.7 Å². The molecule has 0 saturated heterocycles. The third-order valence-electron chi connectivity index (χ3n) is 3.30. The number of nitrogens with two attached hydrogens (primary N) is 1. The lowest BCUT2D eigenvalue weighted by Crippen LogP contribution is -2.33. The summed E-state index contributed by atoms with van der Waals surface area (Å²) in [6.45, 7) is 1.89. The summed E-state index contributed by atoms with van der Waals surface area (Å²) in [6, 6.07) is 1.92. The minimum absolute atomic E-state index is 0.0624. The summed E-state index contributed by atoms with van der Waals surface area (Å²) in [6.07, 6.45) is 4.93. The quantitative estimate of drug-likeness (QED) is 0.366. The minimum atomic E-state index is -0.308. The van der Waals surface area contributed by atoms with E-state index < -0.39 is 0 Å². The SMILES string of the molecule is Cc1cc(NC2CCCCCC2O)nc(NN)n1. The Labute approximate surface area is 107 Å². The van der Waals surface area contributed by atoms with E-state index in [0.29, 0.717) is 11.8 Å². The van der Waals surface area contributed by atoms with Gasteiger partial charge < -0.3 is 10.4 Å². The van der Waals surface area contributed by atoms with Crippen molar-refractivity contribution in [2.75, 3.05) is 10.7 Å². The van der Waals surface area contributed by atoms with Crippen molar-refractivity contribution in [2.45, 2.75) is 51.2 Å². The van der Waals surface area contributed by atoms with Crippen molar-refractivity contribution < 1.29 is 5.11 Å².